The molecule has 0 fully saturated rings. The molecule has 11 aromatic rings. The van der Waals surface area contributed by atoms with Gasteiger partial charge in [-0.1, -0.05) is 170 Å². The fraction of sp³-hybridized carbons (Fsp3) is 0. The lowest BCUT2D eigenvalue weighted by molar-refractivity contribution is 0.669. The molecule has 0 bridgehead atoms. The zero-order valence-corrected chi connectivity index (χ0v) is 31.7. The second-order valence-corrected chi connectivity index (χ2v) is 14.9. The van der Waals surface area contributed by atoms with Gasteiger partial charge in [-0.05, 0) is 115 Å². The van der Waals surface area contributed by atoms with E-state index < -0.39 is 0 Å². The minimum absolute atomic E-state index is 0.905. The Kier molecular flexibility index (Phi) is 8.19. The molecule has 2 heteroatoms. The van der Waals surface area contributed by atoms with Gasteiger partial charge in [-0.15, -0.1) is 0 Å². The van der Waals surface area contributed by atoms with E-state index in [1.54, 1.807) is 0 Å². The van der Waals surface area contributed by atoms with E-state index in [9.17, 15) is 0 Å². The first-order valence-electron chi connectivity index (χ1n) is 19.8. The quantitative estimate of drug-likeness (QED) is 0.162. The summed E-state index contributed by atoms with van der Waals surface area (Å²) < 4.78 is 6.30. The van der Waals surface area contributed by atoms with Crippen LogP contribution >= 0.6 is 0 Å². The molecule has 0 spiro atoms. The van der Waals surface area contributed by atoms with Crippen LogP contribution in [0.4, 0.5) is 17.1 Å². The fourth-order valence-electron chi connectivity index (χ4n) is 8.63. The lowest BCUT2D eigenvalue weighted by atomic mass is 9.95. The molecule has 0 atom stereocenters. The van der Waals surface area contributed by atoms with Gasteiger partial charge in [-0.3, -0.25) is 0 Å². The number of nitrogens with zero attached hydrogens (tertiary/aromatic N) is 1. The SMILES string of the molecule is c1ccc(-c2ccc(N(c3ccc(-c4cccc(-c5cccc6ccccc56)c4)cc3)c3ccccc3-c3ccc4ccc5oc6ccccc6c5c4c3)cc2)cc1. The van der Waals surface area contributed by atoms with Crippen LogP contribution in [0.1, 0.15) is 0 Å². The highest BCUT2D eigenvalue weighted by molar-refractivity contribution is 6.19. The molecule has 272 valence electrons. The van der Waals surface area contributed by atoms with Crippen molar-refractivity contribution in [2.24, 2.45) is 0 Å². The number of hydrogen-bond donors (Lipinski definition) is 0. The summed E-state index contributed by atoms with van der Waals surface area (Å²) in [6.07, 6.45) is 0. The first-order valence-corrected chi connectivity index (χ1v) is 19.8. The van der Waals surface area contributed by atoms with Crippen molar-refractivity contribution in [3.05, 3.63) is 224 Å². The molecule has 1 heterocycles. The Morgan fingerprint density at radius 2 is 0.828 bits per heavy atom. The van der Waals surface area contributed by atoms with E-state index in [1.165, 1.54) is 54.9 Å². The summed E-state index contributed by atoms with van der Waals surface area (Å²) in [5, 5.41) is 7.17. The molecule has 11 rings (SSSR count). The van der Waals surface area contributed by atoms with Gasteiger partial charge in [0.1, 0.15) is 11.2 Å². The van der Waals surface area contributed by atoms with Crippen molar-refractivity contribution in [3.8, 4) is 44.5 Å². The largest absolute Gasteiger partial charge is 0.456 e. The Morgan fingerprint density at radius 3 is 1.66 bits per heavy atom. The van der Waals surface area contributed by atoms with Gasteiger partial charge >= 0.3 is 0 Å². The molecule has 58 heavy (non-hydrogen) atoms. The van der Waals surface area contributed by atoms with Crippen LogP contribution in [0.3, 0.4) is 0 Å². The van der Waals surface area contributed by atoms with E-state index in [0.29, 0.717) is 0 Å². The number of hydrogen-bond acceptors (Lipinski definition) is 2. The Balaban J connectivity index is 1.03. The van der Waals surface area contributed by atoms with Crippen LogP contribution in [0.15, 0.2) is 229 Å². The molecule has 0 radical (unpaired) electrons. The molecule has 0 saturated carbocycles. The molecule has 0 unspecified atom stereocenters. The summed E-state index contributed by atoms with van der Waals surface area (Å²) in [6.45, 7) is 0. The molecule has 0 aliphatic rings. The third-order valence-corrected chi connectivity index (χ3v) is 11.5. The number of furan rings is 1. The third kappa shape index (κ3) is 5.91. The van der Waals surface area contributed by atoms with Crippen LogP contribution in [0.25, 0.3) is 88.0 Å². The summed E-state index contributed by atoms with van der Waals surface area (Å²) in [7, 11) is 0. The first kappa shape index (κ1) is 33.6. The maximum atomic E-state index is 6.30. The summed E-state index contributed by atoms with van der Waals surface area (Å²) in [5.74, 6) is 0. The number of anilines is 3. The Labute approximate surface area is 337 Å². The summed E-state index contributed by atoms with van der Waals surface area (Å²) >= 11 is 0. The normalized spacial score (nSPS) is 11.4. The lowest BCUT2D eigenvalue weighted by Crippen LogP contribution is -2.11. The second-order valence-electron chi connectivity index (χ2n) is 14.9. The minimum Gasteiger partial charge on any atom is -0.456 e. The van der Waals surface area contributed by atoms with Gasteiger partial charge in [0.05, 0.1) is 5.69 Å². The van der Waals surface area contributed by atoms with Crippen LogP contribution in [-0.4, -0.2) is 0 Å². The van der Waals surface area contributed by atoms with E-state index in [2.05, 4.69) is 217 Å². The molecule has 0 aliphatic carbocycles. The predicted octanol–water partition coefficient (Wildman–Crippen LogP) is 16.0. The zero-order valence-electron chi connectivity index (χ0n) is 31.7. The van der Waals surface area contributed by atoms with Crippen molar-refractivity contribution in [1.29, 1.82) is 0 Å². The maximum absolute atomic E-state index is 6.30. The van der Waals surface area contributed by atoms with Crippen LogP contribution in [0.5, 0.6) is 0 Å². The number of fused-ring (bicyclic) bond motifs is 6. The summed E-state index contributed by atoms with van der Waals surface area (Å²) in [6, 6.07) is 80.7. The lowest BCUT2D eigenvalue weighted by Gasteiger charge is -2.28. The highest BCUT2D eigenvalue weighted by Gasteiger charge is 2.19. The van der Waals surface area contributed by atoms with E-state index in [0.717, 1.165) is 50.1 Å². The molecule has 0 saturated heterocycles. The van der Waals surface area contributed by atoms with Crippen molar-refractivity contribution >= 4 is 60.5 Å². The van der Waals surface area contributed by atoms with Crippen LogP contribution in [0, 0.1) is 0 Å². The molecule has 0 aliphatic heterocycles. The molecule has 2 nitrogen and oxygen atoms in total. The molecular formula is C56H37NO. The summed E-state index contributed by atoms with van der Waals surface area (Å²) in [5.41, 5.74) is 14.6. The predicted molar refractivity (Wildman–Crippen MR) is 245 cm³/mol. The van der Waals surface area contributed by atoms with Crippen LogP contribution in [-0.2, 0) is 0 Å². The number of rotatable bonds is 7. The Bertz CT molecular complexity index is 3260. The highest BCUT2D eigenvalue weighted by Crippen LogP contribution is 2.44. The van der Waals surface area contributed by atoms with E-state index >= 15 is 0 Å². The minimum atomic E-state index is 0.905. The topological polar surface area (TPSA) is 16.4 Å². The zero-order chi connectivity index (χ0) is 38.4. The second kappa shape index (κ2) is 14.1. The Morgan fingerprint density at radius 1 is 0.293 bits per heavy atom. The van der Waals surface area contributed by atoms with Gasteiger partial charge in [-0.25, -0.2) is 0 Å². The average Bonchev–Trinajstić information content (AvgIpc) is 3.69. The van der Waals surface area contributed by atoms with Crippen molar-refractivity contribution in [2.45, 2.75) is 0 Å². The van der Waals surface area contributed by atoms with Gasteiger partial charge in [0.2, 0.25) is 0 Å². The van der Waals surface area contributed by atoms with Gasteiger partial charge in [0.15, 0.2) is 0 Å². The van der Waals surface area contributed by atoms with Gasteiger partial charge in [-0.2, -0.15) is 0 Å². The molecular weight excluding hydrogens is 703 g/mol. The average molecular weight is 740 g/mol. The smallest absolute Gasteiger partial charge is 0.136 e. The van der Waals surface area contributed by atoms with Gasteiger partial charge < -0.3 is 9.32 Å². The Hall–Kier alpha value is -7.68. The van der Waals surface area contributed by atoms with Crippen LogP contribution in [0.2, 0.25) is 0 Å². The van der Waals surface area contributed by atoms with Crippen molar-refractivity contribution in [1.82, 2.24) is 0 Å². The van der Waals surface area contributed by atoms with E-state index in [4.69, 9.17) is 4.42 Å². The van der Waals surface area contributed by atoms with Gasteiger partial charge in [0.25, 0.3) is 0 Å². The van der Waals surface area contributed by atoms with E-state index in [1.807, 2.05) is 12.1 Å². The molecule has 0 N–H and O–H groups in total. The number of para-hydroxylation sites is 2. The molecule has 10 aromatic carbocycles. The molecule has 0 amide bonds. The van der Waals surface area contributed by atoms with E-state index in [-0.39, 0.29) is 0 Å². The highest BCUT2D eigenvalue weighted by atomic mass is 16.3. The summed E-state index contributed by atoms with van der Waals surface area (Å²) in [4.78, 5) is 2.39. The first-order chi connectivity index (χ1) is 28.7. The maximum Gasteiger partial charge on any atom is 0.136 e. The standard InChI is InChI=1S/C56H37NO/c1-2-12-38(13-3-1)39-26-31-46(32-27-39)57(47-33-28-40(29-34-47)43-16-10-17-44(36-43)49-21-11-15-41-14-4-5-18-48(41)49)53-22-8-6-19-50(53)45-25-24-42-30-35-55-56(52(42)37-45)51-20-7-9-23-54(51)58-55/h1-37H. The third-order valence-electron chi connectivity index (χ3n) is 11.5. The van der Waals surface area contributed by atoms with Gasteiger partial charge in [0, 0.05) is 27.7 Å². The number of benzene rings is 10. The molecule has 1 aromatic heterocycles. The fourth-order valence-corrected chi connectivity index (χ4v) is 8.63. The monoisotopic (exact) mass is 739 g/mol. The van der Waals surface area contributed by atoms with Crippen LogP contribution < -0.4 is 4.90 Å². The van der Waals surface area contributed by atoms with Crippen molar-refractivity contribution in [3.63, 3.8) is 0 Å². The van der Waals surface area contributed by atoms with Crippen molar-refractivity contribution < 1.29 is 4.42 Å². The van der Waals surface area contributed by atoms with Crippen molar-refractivity contribution in [2.75, 3.05) is 4.90 Å².